The highest BCUT2D eigenvalue weighted by Gasteiger charge is 2.11. The smallest absolute Gasteiger partial charge is 0.138 e. The summed E-state index contributed by atoms with van der Waals surface area (Å²) in [5.74, 6) is 1.75. The zero-order valence-corrected chi connectivity index (χ0v) is 10.2. The molecule has 1 heterocycles. The average molecular weight is 210 g/mol. The Morgan fingerprint density at radius 1 is 1.47 bits per heavy atom. The molecule has 15 heavy (non-hydrogen) atoms. The van der Waals surface area contributed by atoms with Crippen LogP contribution in [0.5, 0.6) is 0 Å². The van der Waals surface area contributed by atoms with E-state index in [-0.39, 0.29) is 0 Å². The van der Waals surface area contributed by atoms with Crippen molar-refractivity contribution in [2.75, 3.05) is 7.05 Å². The second-order valence-electron chi connectivity index (χ2n) is 4.23. The highest BCUT2D eigenvalue weighted by atomic mass is 15.3. The quantitative estimate of drug-likeness (QED) is 0.773. The highest BCUT2D eigenvalue weighted by Crippen LogP contribution is 2.11. The maximum absolute atomic E-state index is 4.29. The number of rotatable bonds is 6. The third-order valence-corrected chi connectivity index (χ3v) is 2.78. The van der Waals surface area contributed by atoms with Crippen LogP contribution in [0, 0.1) is 5.92 Å². The number of hydrogen-bond acceptors (Lipinski definition) is 3. The summed E-state index contributed by atoms with van der Waals surface area (Å²) in [6, 6.07) is 0.568. The number of aryl methyl sites for hydroxylation is 1. The number of hydrogen-bond donors (Lipinski definition) is 1. The fraction of sp³-hybridized carbons (Fsp3) is 0.818. The van der Waals surface area contributed by atoms with Gasteiger partial charge in [-0.3, -0.25) is 4.68 Å². The summed E-state index contributed by atoms with van der Waals surface area (Å²) >= 11 is 0. The van der Waals surface area contributed by atoms with Gasteiger partial charge in [-0.1, -0.05) is 6.92 Å². The standard InChI is InChI=1S/C11H22N4/c1-5-15-11(13-8-14-15)7-9(2)6-10(3)12-4/h8-10,12H,5-7H2,1-4H3. The molecule has 2 unspecified atom stereocenters. The van der Waals surface area contributed by atoms with Crippen LogP contribution in [0.4, 0.5) is 0 Å². The third-order valence-electron chi connectivity index (χ3n) is 2.78. The van der Waals surface area contributed by atoms with Gasteiger partial charge in [0.1, 0.15) is 12.2 Å². The van der Waals surface area contributed by atoms with Gasteiger partial charge in [0.15, 0.2) is 0 Å². The Bertz CT molecular complexity index is 282. The zero-order chi connectivity index (χ0) is 11.3. The van der Waals surface area contributed by atoms with E-state index in [4.69, 9.17) is 0 Å². The largest absolute Gasteiger partial charge is 0.317 e. The first kappa shape index (κ1) is 12.2. The topological polar surface area (TPSA) is 42.7 Å². The van der Waals surface area contributed by atoms with E-state index in [0.717, 1.165) is 18.8 Å². The van der Waals surface area contributed by atoms with E-state index in [2.05, 4.69) is 36.2 Å². The first-order chi connectivity index (χ1) is 7.17. The molecule has 4 nitrogen and oxygen atoms in total. The lowest BCUT2D eigenvalue weighted by Gasteiger charge is -2.16. The van der Waals surface area contributed by atoms with Crippen molar-refractivity contribution in [1.29, 1.82) is 0 Å². The van der Waals surface area contributed by atoms with Gasteiger partial charge in [0.25, 0.3) is 0 Å². The highest BCUT2D eigenvalue weighted by molar-refractivity contribution is 4.86. The van der Waals surface area contributed by atoms with E-state index >= 15 is 0 Å². The SMILES string of the molecule is CCn1ncnc1CC(C)CC(C)NC. The number of nitrogens with one attached hydrogen (secondary N) is 1. The molecule has 0 aliphatic carbocycles. The summed E-state index contributed by atoms with van der Waals surface area (Å²) in [6.07, 6.45) is 3.83. The Morgan fingerprint density at radius 3 is 2.80 bits per heavy atom. The minimum atomic E-state index is 0.568. The van der Waals surface area contributed by atoms with Crippen molar-refractivity contribution in [2.24, 2.45) is 5.92 Å². The summed E-state index contributed by atoms with van der Waals surface area (Å²) in [6.45, 7) is 7.48. The predicted molar refractivity (Wildman–Crippen MR) is 61.7 cm³/mol. The van der Waals surface area contributed by atoms with Crippen molar-refractivity contribution in [3.05, 3.63) is 12.2 Å². The van der Waals surface area contributed by atoms with Gasteiger partial charge in [0, 0.05) is 19.0 Å². The minimum absolute atomic E-state index is 0.568. The maximum atomic E-state index is 4.29. The van der Waals surface area contributed by atoms with Crippen LogP contribution in [0.2, 0.25) is 0 Å². The molecule has 0 aromatic carbocycles. The summed E-state index contributed by atoms with van der Waals surface area (Å²) in [5.41, 5.74) is 0. The molecule has 0 saturated heterocycles. The second kappa shape index (κ2) is 5.85. The lowest BCUT2D eigenvalue weighted by molar-refractivity contribution is 0.424. The number of aromatic nitrogens is 3. The summed E-state index contributed by atoms with van der Waals surface area (Å²) < 4.78 is 1.97. The molecule has 0 saturated carbocycles. The molecule has 2 atom stereocenters. The van der Waals surface area contributed by atoms with Crippen molar-refractivity contribution in [1.82, 2.24) is 20.1 Å². The molecule has 0 aliphatic rings. The number of nitrogens with zero attached hydrogens (tertiary/aromatic N) is 3. The molecule has 0 spiro atoms. The first-order valence-electron chi connectivity index (χ1n) is 5.71. The van der Waals surface area contributed by atoms with Crippen LogP contribution in [0.15, 0.2) is 6.33 Å². The molecule has 1 aromatic rings. The van der Waals surface area contributed by atoms with Crippen molar-refractivity contribution >= 4 is 0 Å². The van der Waals surface area contributed by atoms with Gasteiger partial charge in [-0.2, -0.15) is 5.10 Å². The van der Waals surface area contributed by atoms with E-state index in [1.165, 1.54) is 6.42 Å². The monoisotopic (exact) mass is 210 g/mol. The van der Waals surface area contributed by atoms with Crippen LogP contribution in [0.25, 0.3) is 0 Å². The Balaban J connectivity index is 2.47. The van der Waals surface area contributed by atoms with Gasteiger partial charge in [-0.25, -0.2) is 4.98 Å². The van der Waals surface area contributed by atoms with E-state index in [1.807, 2.05) is 11.7 Å². The molecule has 1 rings (SSSR count). The van der Waals surface area contributed by atoms with Gasteiger partial charge in [-0.15, -0.1) is 0 Å². The fourth-order valence-corrected chi connectivity index (χ4v) is 1.83. The van der Waals surface area contributed by atoms with Gasteiger partial charge in [0.05, 0.1) is 0 Å². The van der Waals surface area contributed by atoms with Crippen LogP contribution >= 0.6 is 0 Å². The molecule has 0 fully saturated rings. The summed E-state index contributed by atoms with van der Waals surface area (Å²) in [7, 11) is 2.01. The van der Waals surface area contributed by atoms with Gasteiger partial charge in [-0.05, 0) is 33.2 Å². The van der Waals surface area contributed by atoms with Crippen LogP contribution in [0.3, 0.4) is 0 Å². The van der Waals surface area contributed by atoms with Crippen LogP contribution < -0.4 is 5.32 Å². The molecule has 1 N–H and O–H groups in total. The molecule has 86 valence electrons. The predicted octanol–water partition coefficient (Wildman–Crippen LogP) is 1.47. The van der Waals surface area contributed by atoms with Gasteiger partial charge < -0.3 is 5.32 Å². The van der Waals surface area contributed by atoms with Crippen molar-refractivity contribution in [2.45, 2.75) is 46.2 Å². The van der Waals surface area contributed by atoms with Crippen LogP contribution in [-0.4, -0.2) is 27.9 Å². The first-order valence-corrected chi connectivity index (χ1v) is 5.71. The Hall–Kier alpha value is -0.900. The van der Waals surface area contributed by atoms with Crippen LogP contribution in [0.1, 0.15) is 33.0 Å². The normalized spacial score (nSPS) is 15.2. The van der Waals surface area contributed by atoms with Crippen LogP contribution in [-0.2, 0) is 13.0 Å². The lowest BCUT2D eigenvalue weighted by Crippen LogP contribution is -2.24. The lowest BCUT2D eigenvalue weighted by atomic mass is 9.99. The Morgan fingerprint density at radius 2 is 2.20 bits per heavy atom. The molecule has 0 radical (unpaired) electrons. The second-order valence-corrected chi connectivity index (χ2v) is 4.23. The molecule has 0 aliphatic heterocycles. The van der Waals surface area contributed by atoms with Crippen molar-refractivity contribution in [3.63, 3.8) is 0 Å². The molecule has 0 amide bonds. The molecule has 0 bridgehead atoms. The van der Waals surface area contributed by atoms with Gasteiger partial charge >= 0.3 is 0 Å². The molecule has 4 heteroatoms. The zero-order valence-electron chi connectivity index (χ0n) is 10.2. The van der Waals surface area contributed by atoms with E-state index < -0.39 is 0 Å². The van der Waals surface area contributed by atoms with E-state index in [1.54, 1.807) is 6.33 Å². The minimum Gasteiger partial charge on any atom is -0.317 e. The maximum Gasteiger partial charge on any atom is 0.138 e. The summed E-state index contributed by atoms with van der Waals surface area (Å²) in [4.78, 5) is 4.29. The van der Waals surface area contributed by atoms with Crippen molar-refractivity contribution in [3.8, 4) is 0 Å². The molecular formula is C11H22N4. The average Bonchev–Trinajstić information content (AvgIpc) is 2.64. The van der Waals surface area contributed by atoms with E-state index in [9.17, 15) is 0 Å². The Labute approximate surface area is 92.1 Å². The molecular weight excluding hydrogens is 188 g/mol. The van der Waals surface area contributed by atoms with Gasteiger partial charge in [0.2, 0.25) is 0 Å². The Kier molecular flexibility index (Phi) is 4.75. The fourth-order valence-electron chi connectivity index (χ4n) is 1.83. The molecule has 1 aromatic heterocycles. The van der Waals surface area contributed by atoms with Crippen molar-refractivity contribution < 1.29 is 0 Å². The van der Waals surface area contributed by atoms with E-state index in [0.29, 0.717) is 12.0 Å². The third kappa shape index (κ3) is 3.63. The summed E-state index contributed by atoms with van der Waals surface area (Å²) in [5, 5.41) is 7.44.